The molecule has 6 heteroatoms. The lowest BCUT2D eigenvalue weighted by Gasteiger charge is -2.07. The van der Waals surface area contributed by atoms with Gasteiger partial charge in [-0.25, -0.2) is 4.79 Å². The fourth-order valence-corrected chi connectivity index (χ4v) is 1.57. The summed E-state index contributed by atoms with van der Waals surface area (Å²) in [6.45, 7) is 2.88. The van der Waals surface area contributed by atoms with Crippen molar-refractivity contribution in [1.29, 1.82) is 0 Å². The topological polar surface area (TPSA) is 95.1 Å². The summed E-state index contributed by atoms with van der Waals surface area (Å²) in [5.74, 6) is -1.53. The molecule has 0 aliphatic rings. The van der Waals surface area contributed by atoms with Gasteiger partial charge in [-0.3, -0.25) is 9.89 Å². The van der Waals surface area contributed by atoms with Gasteiger partial charge in [-0.2, -0.15) is 5.10 Å². The molecular formula is C13H13N3O3. The van der Waals surface area contributed by atoms with Crippen molar-refractivity contribution in [3.8, 4) is 0 Å². The second-order valence-electron chi connectivity index (χ2n) is 4.18. The first-order valence-electron chi connectivity index (χ1n) is 5.64. The van der Waals surface area contributed by atoms with E-state index in [0.29, 0.717) is 5.69 Å². The number of carbonyl (C=O) groups excluding carboxylic acids is 1. The molecule has 0 atom stereocenters. The van der Waals surface area contributed by atoms with Gasteiger partial charge in [-0.05, 0) is 32.0 Å². The Morgan fingerprint density at radius 2 is 2.00 bits per heavy atom. The maximum Gasteiger partial charge on any atom is 0.331 e. The fraction of sp³-hybridized carbons (Fsp3) is 0.154. The molecule has 2 rings (SSSR count). The third-order valence-electron chi connectivity index (χ3n) is 2.92. The maximum absolute atomic E-state index is 11.9. The van der Waals surface area contributed by atoms with Gasteiger partial charge in [0.25, 0.3) is 5.91 Å². The highest BCUT2D eigenvalue weighted by Crippen LogP contribution is 2.17. The summed E-state index contributed by atoms with van der Waals surface area (Å²) in [6, 6.07) is 5.29. The van der Waals surface area contributed by atoms with Crippen LogP contribution in [0.2, 0.25) is 0 Å². The normalized spacial score (nSPS) is 12.1. The summed E-state index contributed by atoms with van der Waals surface area (Å²) in [5, 5.41) is 19.1. The molecule has 1 aromatic carbocycles. The van der Waals surface area contributed by atoms with Crippen LogP contribution in [0.4, 0.5) is 5.69 Å². The van der Waals surface area contributed by atoms with Crippen molar-refractivity contribution < 1.29 is 14.7 Å². The second kappa shape index (κ2) is 4.93. The van der Waals surface area contributed by atoms with E-state index < -0.39 is 11.9 Å². The van der Waals surface area contributed by atoms with Crippen LogP contribution >= 0.6 is 0 Å². The zero-order chi connectivity index (χ0) is 14.0. The zero-order valence-electron chi connectivity index (χ0n) is 10.5. The minimum atomic E-state index is -1.10. The molecule has 3 N–H and O–H groups in total. The molecular weight excluding hydrogens is 246 g/mol. The number of carboxylic acids is 1. The molecule has 0 radical (unpaired) electrons. The highest BCUT2D eigenvalue weighted by Gasteiger charge is 2.12. The number of benzene rings is 1. The van der Waals surface area contributed by atoms with Crippen molar-refractivity contribution in [1.82, 2.24) is 10.2 Å². The molecule has 0 saturated heterocycles. The SMILES string of the molecule is C/C(C(=O)O)=C(\C)C(=O)Nc1ccc2cn[nH]c2c1. The maximum atomic E-state index is 11.9. The van der Waals surface area contributed by atoms with Crippen molar-refractivity contribution in [2.24, 2.45) is 0 Å². The number of aliphatic carboxylic acids is 1. The average Bonchev–Trinajstić information content (AvgIpc) is 2.84. The van der Waals surface area contributed by atoms with Gasteiger partial charge in [0.05, 0.1) is 11.7 Å². The molecule has 98 valence electrons. The van der Waals surface area contributed by atoms with E-state index in [1.165, 1.54) is 13.8 Å². The summed E-state index contributed by atoms with van der Waals surface area (Å²) < 4.78 is 0. The lowest BCUT2D eigenvalue weighted by atomic mass is 10.1. The average molecular weight is 259 g/mol. The Morgan fingerprint density at radius 3 is 2.68 bits per heavy atom. The van der Waals surface area contributed by atoms with Gasteiger partial charge in [-0.15, -0.1) is 0 Å². The summed E-state index contributed by atoms with van der Waals surface area (Å²) in [7, 11) is 0. The van der Waals surface area contributed by atoms with Gasteiger partial charge in [-0.1, -0.05) is 0 Å². The van der Waals surface area contributed by atoms with Crippen molar-refractivity contribution in [2.75, 3.05) is 5.32 Å². The van der Waals surface area contributed by atoms with Gasteiger partial charge in [0.1, 0.15) is 0 Å². The molecule has 0 fully saturated rings. The van der Waals surface area contributed by atoms with Crippen molar-refractivity contribution in [2.45, 2.75) is 13.8 Å². The standard InChI is InChI=1S/C13H13N3O3/c1-7(8(2)13(18)19)12(17)15-10-4-3-9-6-14-16-11(9)5-10/h3-6H,1-2H3,(H,14,16)(H,15,17)(H,18,19)/b8-7-. The Bertz CT molecular complexity index is 685. The number of carbonyl (C=O) groups is 2. The number of H-pyrrole nitrogens is 1. The van der Waals surface area contributed by atoms with Gasteiger partial charge in [0.2, 0.25) is 0 Å². The number of aromatic nitrogens is 2. The third-order valence-corrected chi connectivity index (χ3v) is 2.92. The molecule has 0 aliphatic heterocycles. The summed E-state index contributed by atoms with van der Waals surface area (Å²) in [6.07, 6.45) is 1.68. The molecule has 2 aromatic rings. The minimum Gasteiger partial charge on any atom is -0.478 e. The molecule has 1 amide bonds. The van der Waals surface area contributed by atoms with Crippen molar-refractivity contribution >= 4 is 28.5 Å². The van der Waals surface area contributed by atoms with E-state index in [0.717, 1.165) is 10.9 Å². The molecule has 1 heterocycles. The highest BCUT2D eigenvalue weighted by molar-refractivity contribution is 6.08. The van der Waals surface area contributed by atoms with Crippen LogP contribution in [0.1, 0.15) is 13.8 Å². The number of nitrogens with one attached hydrogen (secondary N) is 2. The lowest BCUT2D eigenvalue weighted by molar-refractivity contribution is -0.133. The third kappa shape index (κ3) is 2.62. The van der Waals surface area contributed by atoms with Gasteiger partial charge < -0.3 is 10.4 Å². The van der Waals surface area contributed by atoms with Crippen LogP contribution in [0.15, 0.2) is 35.5 Å². The van der Waals surface area contributed by atoms with Crippen LogP contribution < -0.4 is 5.32 Å². The molecule has 0 unspecified atom stereocenters. The van der Waals surface area contributed by atoms with E-state index >= 15 is 0 Å². The number of nitrogens with zero attached hydrogens (tertiary/aromatic N) is 1. The first-order chi connectivity index (χ1) is 8.99. The minimum absolute atomic E-state index is 0.0279. The number of carboxylic acid groups (broad SMARTS) is 1. The van der Waals surface area contributed by atoms with Gasteiger partial charge in [0, 0.05) is 22.2 Å². The van der Waals surface area contributed by atoms with Crippen LogP contribution in [0.5, 0.6) is 0 Å². The molecule has 19 heavy (non-hydrogen) atoms. The van der Waals surface area contributed by atoms with E-state index in [4.69, 9.17) is 5.11 Å². The number of hydrogen-bond donors (Lipinski definition) is 3. The van der Waals surface area contributed by atoms with Crippen molar-refractivity contribution in [3.05, 3.63) is 35.5 Å². The molecule has 0 aliphatic carbocycles. The number of fused-ring (bicyclic) bond motifs is 1. The predicted molar refractivity (Wildman–Crippen MR) is 70.7 cm³/mol. The van der Waals surface area contributed by atoms with Crippen molar-refractivity contribution in [3.63, 3.8) is 0 Å². The van der Waals surface area contributed by atoms with Crippen LogP contribution in [-0.2, 0) is 9.59 Å². The fourth-order valence-electron chi connectivity index (χ4n) is 1.57. The molecule has 6 nitrogen and oxygen atoms in total. The molecule has 0 saturated carbocycles. The van der Waals surface area contributed by atoms with Crippen LogP contribution in [0.25, 0.3) is 10.9 Å². The Labute approximate surface area is 109 Å². The summed E-state index contributed by atoms with van der Waals surface area (Å²) in [4.78, 5) is 22.7. The monoisotopic (exact) mass is 259 g/mol. The molecule has 0 bridgehead atoms. The van der Waals surface area contributed by atoms with Crippen LogP contribution in [-0.4, -0.2) is 27.2 Å². The predicted octanol–water partition coefficient (Wildman–Crippen LogP) is 1.92. The van der Waals surface area contributed by atoms with E-state index in [1.807, 2.05) is 6.07 Å². The van der Waals surface area contributed by atoms with E-state index in [-0.39, 0.29) is 11.1 Å². The highest BCUT2D eigenvalue weighted by atomic mass is 16.4. The molecule has 1 aromatic heterocycles. The van der Waals surface area contributed by atoms with Gasteiger partial charge in [0.15, 0.2) is 0 Å². The largest absolute Gasteiger partial charge is 0.478 e. The molecule has 0 spiro atoms. The lowest BCUT2D eigenvalue weighted by Crippen LogP contribution is -2.16. The number of amides is 1. The Balaban J connectivity index is 2.23. The number of hydrogen-bond acceptors (Lipinski definition) is 3. The van der Waals surface area contributed by atoms with E-state index in [2.05, 4.69) is 15.5 Å². The van der Waals surface area contributed by atoms with Gasteiger partial charge >= 0.3 is 5.97 Å². The van der Waals surface area contributed by atoms with E-state index in [9.17, 15) is 9.59 Å². The Hall–Kier alpha value is -2.63. The first-order valence-corrected chi connectivity index (χ1v) is 5.64. The number of anilines is 1. The number of rotatable bonds is 3. The van der Waals surface area contributed by atoms with E-state index in [1.54, 1.807) is 18.3 Å². The summed E-state index contributed by atoms with van der Waals surface area (Å²) in [5.41, 5.74) is 1.59. The summed E-state index contributed by atoms with van der Waals surface area (Å²) >= 11 is 0. The smallest absolute Gasteiger partial charge is 0.331 e. The Kier molecular flexibility index (Phi) is 3.33. The quantitative estimate of drug-likeness (QED) is 0.734. The Morgan fingerprint density at radius 1 is 1.26 bits per heavy atom. The second-order valence-corrected chi connectivity index (χ2v) is 4.18. The zero-order valence-corrected chi connectivity index (χ0v) is 10.5. The van der Waals surface area contributed by atoms with Crippen LogP contribution in [0, 0.1) is 0 Å². The first kappa shape index (κ1) is 12.8. The van der Waals surface area contributed by atoms with Crippen LogP contribution in [0.3, 0.4) is 0 Å². The number of aromatic amines is 1.